The lowest BCUT2D eigenvalue weighted by Crippen LogP contribution is -2.37. The number of amides is 1. The summed E-state index contributed by atoms with van der Waals surface area (Å²) >= 11 is 0. The second-order valence-electron chi connectivity index (χ2n) is 7.93. The van der Waals surface area contributed by atoms with Crippen molar-refractivity contribution in [3.05, 3.63) is 70.8 Å². The number of rotatable bonds is 8. The van der Waals surface area contributed by atoms with Gasteiger partial charge in [0.15, 0.2) is 0 Å². The van der Waals surface area contributed by atoms with Crippen LogP contribution in [0.3, 0.4) is 0 Å². The molecule has 6 heteroatoms. The van der Waals surface area contributed by atoms with Gasteiger partial charge < -0.3 is 14.5 Å². The van der Waals surface area contributed by atoms with Gasteiger partial charge in [0.25, 0.3) is 5.91 Å². The maximum absolute atomic E-state index is 13.4. The number of benzene rings is 2. The highest BCUT2D eigenvalue weighted by Crippen LogP contribution is 2.15. The number of nitrogens with zero attached hydrogens (tertiary/aromatic N) is 4. The van der Waals surface area contributed by atoms with Crippen molar-refractivity contribution in [3.8, 4) is 6.07 Å². The predicted molar refractivity (Wildman–Crippen MR) is 117 cm³/mol. The summed E-state index contributed by atoms with van der Waals surface area (Å²) in [5, 5.41) is 9.01. The molecule has 1 amide bonds. The van der Waals surface area contributed by atoms with Crippen LogP contribution in [0.5, 0.6) is 0 Å². The molecular weight excluding hydrogens is 376 g/mol. The first-order valence-corrected chi connectivity index (χ1v) is 10.4. The lowest BCUT2D eigenvalue weighted by Gasteiger charge is -2.27. The summed E-state index contributed by atoms with van der Waals surface area (Å²) in [5.41, 5.74) is 3.51. The van der Waals surface area contributed by atoms with Crippen LogP contribution in [0, 0.1) is 11.3 Å². The van der Waals surface area contributed by atoms with Gasteiger partial charge >= 0.3 is 0 Å². The van der Waals surface area contributed by atoms with Gasteiger partial charge in [-0.2, -0.15) is 5.26 Å². The molecule has 1 aliphatic rings. The highest BCUT2D eigenvalue weighted by molar-refractivity contribution is 5.94. The zero-order chi connectivity index (χ0) is 21.3. The molecule has 0 radical (unpaired) electrons. The Labute approximate surface area is 179 Å². The molecule has 0 unspecified atom stereocenters. The molecule has 0 atom stereocenters. The van der Waals surface area contributed by atoms with Crippen molar-refractivity contribution >= 4 is 5.91 Å². The number of nitriles is 1. The molecule has 2 aromatic carbocycles. The number of likely N-dealkylation sites (N-methyl/N-ethyl adjacent to an activating group) is 1. The summed E-state index contributed by atoms with van der Waals surface area (Å²) < 4.78 is 5.42. The molecule has 0 N–H and O–H groups in total. The molecule has 1 heterocycles. The van der Waals surface area contributed by atoms with Crippen LogP contribution < -0.4 is 0 Å². The second-order valence-corrected chi connectivity index (χ2v) is 7.93. The van der Waals surface area contributed by atoms with Crippen molar-refractivity contribution in [3.63, 3.8) is 0 Å². The smallest absolute Gasteiger partial charge is 0.254 e. The molecule has 0 bridgehead atoms. The van der Waals surface area contributed by atoms with E-state index in [0.29, 0.717) is 24.2 Å². The monoisotopic (exact) mass is 406 g/mol. The molecule has 3 rings (SSSR count). The van der Waals surface area contributed by atoms with Crippen LogP contribution in [0.15, 0.2) is 48.5 Å². The number of ether oxygens (including phenoxy) is 1. The maximum Gasteiger partial charge on any atom is 0.254 e. The molecule has 0 saturated carbocycles. The zero-order valence-electron chi connectivity index (χ0n) is 17.9. The first-order valence-electron chi connectivity index (χ1n) is 10.4. The average Bonchev–Trinajstić information content (AvgIpc) is 2.77. The molecule has 1 fully saturated rings. The Bertz CT molecular complexity index is 868. The Morgan fingerprint density at radius 1 is 1.07 bits per heavy atom. The second kappa shape index (κ2) is 10.9. The van der Waals surface area contributed by atoms with Crippen molar-refractivity contribution in [2.45, 2.75) is 13.1 Å². The normalized spacial score (nSPS) is 14.5. The van der Waals surface area contributed by atoms with Gasteiger partial charge in [0.05, 0.1) is 24.8 Å². The molecule has 1 saturated heterocycles. The largest absolute Gasteiger partial charge is 0.379 e. The van der Waals surface area contributed by atoms with Crippen molar-refractivity contribution in [2.24, 2.45) is 0 Å². The number of carbonyl (C=O) groups is 1. The van der Waals surface area contributed by atoms with Gasteiger partial charge in [-0.1, -0.05) is 24.3 Å². The fraction of sp³-hybridized carbons (Fsp3) is 0.417. The van der Waals surface area contributed by atoms with E-state index in [4.69, 9.17) is 10.00 Å². The van der Waals surface area contributed by atoms with E-state index < -0.39 is 0 Å². The summed E-state index contributed by atoms with van der Waals surface area (Å²) in [7, 11) is 4.01. The lowest BCUT2D eigenvalue weighted by atomic mass is 10.1. The Hall–Kier alpha value is -2.72. The highest BCUT2D eigenvalue weighted by atomic mass is 16.5. The molecular formula is C24H30N4O2. The summed E-state index contributed by atoms with van der Waals surface area (Å²) in [6.07, 6.45) is 0. The van der Waals surface area contributed by atoms with E-state index in [1.165, 1.54) is 0 Å². The van der Waals surface area contributed by atoms with Gasteiger partial charge in [0.1, 0.15) is 0 Å². The average molecular weight is 407 g/mol. The minimum absolute atomic E-state index is 0.0324. The van der Waals surface area contributed by atoms with Crippen molar-refractivity contribution in [1.29, 1.82) is 5.26 Å². The van der Waals surface area contributed by atoms with Crippen LogP contribution in [0.1, 0.15) is 27.0 Å². The third-order valence-electron chi connectivity index (χ3n) is 5.24. The third-order valence-corrected chi connectivity index (χ3v) is 5.24. The Morgan fingerprint density at radius 3 is 2.47 bits per heavy atom. The van der Waals surface area contributed by atoms with E-state index in [1.54, 1.807) is 12.1 Å². The fourth-order valence-corrected chi connectivity index (χ4v) is 3.48. The van der Waals surface area contributed by atoms with Gasteiger partial charge in [0.2, 0.25) is 0 Å². The van der Waals surface area contributed by atoms with Crippen molar-refractivity contribution in [1.82, 2.24) is 14.7 Å². The lowest BCUT2D eigenvalue weighted by molar-refractivity contribution is 0.0341. The number of morpholine rings is 1. The molecule has 158 valence electrons. The molecule has 0 spiro atoms. The van der Waals surface area contributed by atoms with Crippen LogP contribution in [-0.4, -0.2) is 74.1 Å². The standard InChI is InChI=1S/C24H30N4O2/c1-26(2)10-11-28(19-21-8-6-20(17-25)7-9-21)24(29)23-5-3-4-22(16-23)18-27-12-14-30-15-13-27/h3-9,16H,10-15,18-19H2,1-2H3. The molecule has 1 aliphatic heterocycles. The number of hydrogen-bond acceptors (Lipinski definition) is 5. The van der Waals surface area contributed by atoms with Crippen LogP contribution in [0.2, 0.25) is 0 Å². The van der Waals surface area contributed by atoms with Crippen molar-refractivity contribution in [2.75, 3.05) is 53.5 Å². The molecule has 0 aromatic heterocycles. The van der Waals surface area contributed by atoms with E-state index in [2.05, 4.69) is 21.9 Å². The van der Waals surface area contributed by atoms with Gasteiger partial charge in [0, 0.05) is 44.8 Å². The minimum atomic E-state index is 0.0324. The maximum atomic E-state index is 13.4. The van der Waals surface area contributed by atoms with Crippen LogP contribution in [0.4, 0.5) is 0 Å². The van der Waals surface area contributed by atoms with E-state index in [-0.39, 0.29) is 5.91 Å². The Balaban J connectivity index is 1.73. The van der Waals surface area contributed by atoms with E-state index in [9.17, 15) is 4.79 Å². The molecule has 30 heavy (non-hydrogen) atoms. The fourth-order valence-electron chi connectivity index (χ4n) is 3.48. The molecule has 2 aromatic rings. The van der Waals surface area contributed by atoms with E-state index >= 15 is 0 Å². The summed E-state index contributed by atoms with van der Waals surface area (Å²) in [4.78, 5) is 19.7. The van der Waals surface area contributed by atoms with Gasteiger partial charge in [-0.25, -0.2) is 0 Å². The SMILES string of the molecule is CN(C)CCN(Cc1ccc(C#N)cc1)C(=O)c1cccc(CN2CCOCC2)c1. The van der Waals surface area contributed by atoms with Crippen LogP contribution >= 0.6 is 0 Å². The van der Waals surface area contributed by atoms with E-state index in [0.717, 1.165) is 50.5 Å². The van der Waals surface area contributed by atoms with Gasteiger partial charge in [-0.15, -0.1) is 0 Å². The summed E-state index contributed by atoms with van der Waals surface area (Å²) in [6.45, 7) is 6.15. The molecule has 6 nitrogen and oxygen atoms in total. The molecule has 0 aliphatic carbocycles. The Kier molecular flexibility index (Phi) is 7.97. The topological polar surface area (TPSA) is 59.8 Å². The first kappa shape index (κ1) is 22.0. The highest BCUT2D eigenvalue weighted by Gasteiger charge is 2.18. The quantitative estimate of drug-likeness (QED) is 0.674. The first-order chi connectivity index (χ1) is 14.5. The van der Waals surface area contributed by atoms with Crippen molar-refractivity contribution < 1.29 is 9.53 Å². The van der Waals surface area contributed by atoms with Crippen LogP contribution in [0.25, 0.3) is 0 Å². The predicted octanol–water partition coefficient (Wildman–Crippen LogP) is 2.59. The number of carbonyl (C=O) groups excluding carboxylic acids is 1. The minimum Gasteiger partial charge on any atom is -0.379 e. The summed E-state index contributed by atoms with van der Waals surface area (Å²) in [6, 6.07) is 17.5. The van der Waals surface area contributed by atoms with Gasteiger partial charge in [-0.3, -0.25) is 9.69 Å². The van der Waals surface area contributed by atoms with Crippen LogP contribution in [-0.2, 0) is 17.8 Å². The number of hydrogen-bond donors (Lipinski definition) is 0. The summed E-state index contributed by atoms with van der Waals surface area (Å²) in [5.74, 6) is 0.0324. The van der Waals surface area contributed by atoms with Gasteiger partial charge in [-0.05, 0) is 49.5 Å². The zero-order valence-corrected chi connectivity index (χ0v) is 17.9. The Morgan fingerprint density at radius 2 is 1.80 bits per heavy atom. The van der Waals surface area contributed by atoms with E-state index in [1.807, 2.05) is 49.3 Å². The third kappa shape index (κ3) is 6.39.